The van der Waals surface area contributed by atoms with Gasteiger partial charge in [-0.25, -0.2) is 0 Å². The molecular formula is C16H28F3IN6O. The van der Waals surface area contributed by atoms with Crippen molar-refractivity contribution in [1.29, 1.82) is 0 Å². The molecule has 1 rings (SSSR count). The number of alkyl halides is 3. The van der Waals surface area contributed by atoms with E-state index in [0.29, 0.717) is 17.3 Å². The number of carbonyl (C=O) groups is 1. The Hall–Kier alpha value is -1.53. The maximum Gasteiger partial charge on any atom is 0.406 e. The summed E-state index contributed by atoms with van der Waals surface area (Å²) >= 11 is 0. The normalized spacial score (nSPS) is 13.0. The molecule has 0 bridgehead atoms. The lowest BCUT2D eigenvalue weighted by Gasteiger charge is -2.21. The van der Waals surface area contributed by atoms with Crippen LogP contribution in [0.4, 0.5) is 13.2 Å². The Morgan fingerprint density at radius 2 is 1.96 bits per heavy atom. The van der Waals surface area contributed by atoms with Gasteiger partial charge in [0.25, 0.3) is 0 Å². The summed E-state index contributed by atoms with van der Waals surface area (Å²) in [7, 11) is 4.53. The van der Waals surface area contributed by atoms with Crippen LogP contribution in [-0.2, 0) is 18.3 Å². The summed E-state index contributed by atoms with van der Waals surface area (Å²) in [5, 5.41) is 10.2. The summed E-state index contributed by atoms with van der Waals surface area (Å²) in [6, 6.07) is -0.00851. The molecule has 1 aromatic heterocycles. The van der Waals surface area contributed by atoms with E-state index in [4.69, 9.17) is 0 Å². The summed E-state index contributed by atoms with van der Waals surface area (Å²) in [6.07, 6.45) is -3.72. The largest absolute Gasteiger partial charge is 0.406 e. The van der Waals surface area contributed by atoms with Crippen LogP contribution in [0.5, 0.6) is 0 Å². The summed E-state index contributed by atoms with van der Waals surface area (Å²) < 4.78 is 38.8. The lowest BCUT2D eigenvalue weighted by Crippen LogP contribution is -2.48. The van der Waals surface area contributed by atoms with Gasteiger partial charge in [0.2, 0.25) is 5.91 Å². The van der Waals surface area contributed by atoms with Crippen LogP contribution in [-0.4, -0.2) is 66.0 Å². The molecule has 2 N–H and O–H groups in total. The molecule has 0 saturated heterocycles. The van der Waals surface area contributed by atoms with Gasteiger partial charge in [0.1, 0.15) is 6.54 Å². The number of rotatable bonds is 6. The Kier molecular flexibility index (Phi) is 10.1. The standard InChI is InChI=1S/C16H27F3N6O.HI/c1-10(7-13-11(2)23-25(6)12(13)3)22-15(20-4)21-8-14(26)24(5)9-16(17,18)19;/h10H,7-9H2,1-6H3,(H2,20,21,22);1H. The average Bonchev–Trinajstić information content (AvgIpc) is 2.75. The zero-order valence-corrected chi connectivity index (χ0v) is 18.8. The van der Waals surface area contributed by atoms with Crippen molar-refractivity contribution in [1.82, 2.24) is 25.3 Å². The molecule has 0 aromatic carbocycles. The highest BCUT2D eigenvalue weighted by Crippen LogP contribution is 2.15. The molecule has 0 fully saturated rings. The van der Waals surface area contributed by atoms with Crippen molar-refractivity contribution >= 4 is 35.8 Å². The Morgan fingerprint density at radius 1 is 1.37 bits per heavy atom. The second-order valence-electron chi connectivity index (χ2n) is 6.31. The van der Waals surface area contributed by atoms with Crippen LogP contribution in [0.3, 0.4) is 0 Å². The minimum Gasteiger partial charge on any atom is -0.354 e. The minimum atomic E-state index is -4.42. The van der Waals surface area contributed by atoms with Crippen molar-refractivity contribution in [2.75, 3.05) is 27.2 Å². The predicted molar refractivity (Wildman–Crippen MR) is 109 cm³/mol. The van der Waals surface area contributed by atoms with Crippen molar-refractivity contribution in [3.05, 3.63) is 17.0 Å². The molecule has 0 spiro atoms. The van der Waals surface area contributed by atoms with E-state index in [1.165, 1.54) is 7.05 Å². The number of nitrogens with zero attached hydrogens (tertiary/aromatic N) is 4. The zero-order chi connectivity index (χ0) is 20.1. The number of halogens is 4. The Morgan fingerprint density at radius 3 is 2.41 bits per heavy atom. The van der Waals surface area contributed by atoms with E-state index < -0.39 is 18.6 Å². The van der Waals surface area contributed by atoms with Crippen LogP contribution < -0.4 is 10.6 Å². The fourth-order valence-electron chi connectivity index (χ4n) is 2.55. The van der Waals surface area contributed by atoms with Crippen molar-refractivity contribution < 1.29 is 18.0 Å². The summed E-state index contributed by atoms with van der Waals surface area (Å²) in [6.45, 7) is 4.33. The third-order valence-corrected chi connectivity index (χ3v) is 4.03. The van der Waals surface area contributed by atoms with E-state index in [1.54, 1.807) is 0 Å². The van der Waals surface area contributed by atoms with E-state index in [1.807, 2.05) is 32.5 Å². The maximum absolute atomic E-state index is 12.3. The highest BCUT2D eigenvalue weighted by Gasteiger charge is 2.31. The number of carbonyl (C=O) groups excluding carboxylic acids is 1. The molecule has 1 aromatic rings. The molecule has 0 saturated carbocycles. The molecule has 1 heterocycles. The highest BCUT2D eigenvalue weighted by atomic mass is 127. The summed E-state index contributed by atoms with van der Waals surface area (Å²) in [5.74, 6) is -0.317. The van der Waals surface area contributed by atoms with Crippen molar-refractivity contribution in [3.63, 3.8) is 0 Å². The van der Waals surface area contributed by atoms with Crippen LogP contribution in [0.25, 0.3) is 0 Å². The first kappa shape index (κ1) is 25.5. The number of hydrogen-bond donors (Lipinski definition) is 2. The number of aliphatic imine (C=N–C) groups is 1. The van der Waals surface area contributed by atoms with Crippen LogP contribution in [0.2, 0.25) is 0 Å². The monoisotopic (exact) mass is 504 g/mol. The van der Waals surface area contributed by atoms with Crippen molar-refractivity contribution in [3.8, 4) is 0 Å². The topological polar surface area (TPSA) is 74.6 Å². The molecule has 27 heavy (non-hydrogen) atoms. The number of amides is 1. The number of nitrogens with one attached hydrogen (secondary N) is 2. The first-order valence-electron chi connectivity index (χ1n) is 8.21. The number of likely N-dealkylation sites (N-methyl/N-ethyl adjacent to an activating group) is 1. The molecule has 0 aliphatic heterocycles. The van der Waals surface area contributed by atoms with E-state index in [2.05, 4.69) is 20.7 Å². The van der Waals surface area contributed by atoms with Gasteiger partial charge in [-0.15, -0.1) is 24.0 Å². The molecular weight excluding hydrogens is 476 g/mol. The summed E-state index contributed by atoms with van der Waals surface area (Å²) in [5.41, 5.74) is 3.15. The Balaban J connectivity index is 0.00000676. The molecule has 7 nitrogen and oxygen atoms in total. The van der Waals surface area contributed by atoms with Gasteiger partial charge >= 0.3 is 6.18 Å². The minimum absolute atomic E-state index is 0. The quantitative estimate of drug-likeness (QED) is 0.352. The fourth-order valence-corrected chi connectivity index (χ4v) is 2.55. The van der Waals surface area contributed by atoms with Gasteiger partial charge in [-0.2, -0.15) is 18.3 Å². The maximum atomic E-state index is 12.3. The smallest absolute Gasteiger partial charge is 0.354 e. The van der Waals surface area contributed by atoms with Crippen LogP contribution in [0.15, 0.2) is 4.99 Å². The van der Waals surface area contributed by atoms with Gasteiger partial charge in [0.15, 0.2) is 5.96 Å². The predicted octanol–water partition coefficient (Wildman–Crippen LogP) is 1.77. The first-order valence-corrected chi connectivity index (χ1v) is 8.21. The van der Waals surface area contributed by atoms with Crippen LogP contribution in [0.1, 0.15) is 23.9 Å². The number of aryl methyl sites for hydroxylation is 2. The van der Waals surface area contributed by atoms with E-state index >= 15 is 0 Å². The van der Waals surface area contributed by atoms with E-state index in [0.717, 1.165) is 24.0 Å². The number of hydrogen-bond acceptors (Lipinski definition) is 3. The number of aromatic nitrogens is 2. The van der Waals surface area contributed by atoms with Gasteiger partial charge < -0.3 is 15.5 Å². The molecule has 0 radical (unpaired) electrons. The van der Waals surface area contributed by atoms with Crippen molar-refractivity contribution in [2.45, 2.75) is 39.4 Å². The molecule has 1 amide bonds. The molecule has 0 aliphatic rings. The SMILES string of the molecule is CN=C(NCC(=O)N(C)CC(F)(F)F)NC(C)Cc1c(C)nn(C)c1C.I. The van der Waals surface area contributed by atoms with Crippen LogP contribution >= 0.6 is 24.0 Å². The first-order chi connectivity index (χ1) is 11.9. The van der Waals surface area contributed by atoms with Crippen molar-refractivity contribution in [2.24, 2.45) is 12.0 Å². The molecule has 1 unspecified atom stereocenters. The molecule has 11 heteroatoms. The van der Waals surface area contributed by atoms with Gasteiger partial charge in [-0.1, -0.05) is 0 Å². The second-order valence-corrected chi connectivity index (χ2v) is 6.31. The molecule has 0 aliphatic carbocycles. The Bertz CT molecular complexity index is 659. The third-order valence-electron chi connectivity index (χ3n) is 4.03. The van der Waals surface area contributed by atoms with Gasteiger partial charge in [0, 0.05) is 32.9 Å². The second kappa shape index (κ2) is 10.7. The number of guanidine groups is 1. The van der Waals surface area contributed by atoms with Gasteiger partial charge in [-0.05, 0) is 32.8 Å². The average molecular weight is 504 g/mol. The third kappa shape index (κ3) is 8.35. The molecule has 1 atom stereocenters. The highest BCUT2D eigenvalue weighted by molar-refractivity contribution is 14.0. The van der Waals surface area contributed by atoms with Crippen LogP contribution in [0, 0.1) is 13.8 Å². The van der Waals surface area contributed by atoms with Gasteiger partial charge in [-0.3, -0.25) is 14.5 Å². The van der Waals surface area contributed by atoms with E-state index in [-0.39, 0.29) is 36.6 Å². The zero-order valence-electron chi connectivity index (χ0n) is 16.4. The lowest BCUT2D eigenvalue weighted by molar-refractivity contribution is -0.157. The molecule has 156 valence electrons. The lowest BCUT2D eigenvalue weighted by atomic mass is 10.1. The summed E-state index contributed by atoms with van der Waals surface area (Å²) in [4.78, 5) is 16.4. The Labute approximate surface area is 174 Å². The van der Waals surface area contributed by atoms with E-state index in [9.17, 15) is 18.0 Å². The van der Waals surface area contributed by atoms with Gasteiger partial charge in [0.05, 0.1) is 12.2 Å². The fraction of sp³-hybridized carbons (Fsp3) is 0.688.